The third-order valence-corrected chi connectivity index (χ3v) is 17.1. The van der Waals surface area contributed by atoms with E-state index in [9.17, 15) is 19.2 Å². The molecule has 2 aromatic heterocycles. The molecule has 6 aromatic rings. The minimum Gasteiger partial charge on any atom is -0.493 e. The Bertz CT molecular complexity index is 3460. The molecule has 3 atom stereocenters. The van der Waals surface area contributed by atoms with Gasteiger partial charge < -0.3 is 30.3 Å². The second-order valence-electron chi connectivity index (χ2n) is 23.3. The molecule has 3 aliphatic heterocycles. The van der Waals surface area contributed by atoms with Crippen molar-refractivity contribution in [2.75, 3.05) is 58.7 Å². The molecular formula is C64H75Cl2FN12O5. The van der Waals surface area contributed by atoms with Crippen molar-refractivity contribution in [1.29, 1.82) is 5.26 Å². The van der Waals surface area contributed by atoms with Gasteiger partial charge in [0, 0.05) is 67.4 Å². The van der Waals surface area contributed by atoms with Crippen LogP contribution in [0.3, 0.4) is 0 Å². The summed E-state index contributed by atoms with van der Waals surface area (Å²) in [4.78, 5) is 64.6. The first kappa shape index (κ1) is 61.0. The van der Waals surface area contributed by atoms with Crippen LogP contribution in [0.5, 0.6) is 11.6 Å². The number of urea groups is 1. The molecule has 0 unspecified atom stereocenters. The number of piperazine rings is 1. The van der Waals surface area contributed by atoms with E-state index >= 15 is 4.79 Å². The van der Waals surface area contributed by atoms with Crippen LogP contribution >= 0.6 is 23.2 Å². The maximum absolute atomic E-state index is 15.6. The summed E-state index contributed by atoms with van der Waals surface area (Å²) in [6, 6.07) is 27.7. The largest absolute Gasteiger partial charge is 0.493 e. The Labute approximate surface area is 501 Å². The lowest BCUT2D eigenvalue weighted by atomic mass is 9.71. The summed E-state index contributed by atoms with van der Waals surface area (Å²) < 4.78 is 28.4. The molecule has 3 N–H and O–H groups in total. The molecule has 0 aliphatic carbocycles. The summed E-state index contributed by atoms with van der Waals surface area (Å²) in [5.41, 5.74) is 9.41. The Morgan fingerprint density at radius 2 is 1.55 bits per heavy atom. The van der Waals surface area contributed by atoms with E-state index in [1.807, 2.05) is 65.3 Å². The highest BCUT2D eigenvalue weighted by atomic mass is 35.5. The lowest BCUT2D eigenvalue weighted by molar-refractivity contribution is -0.121. The zero-order chi connectivity index (χ0) is 60.1. The molecule has 0 saturated carbocycles. The van der Waals surface area contributed by atoms with E-state index in [1.54, 1.807) is 14.0 Å². The minimum absolute atomic E-state index is 0.00357. The zero-order valence-electron chi connectivity index (χ0n) is 49.3. The second kappa shape index (κ2) is 25.7. The SMILES string of the molecule is CCOc1cc(C(C)(C)C)ccc1C1=N[C@](C)(c2ccc(Cl)cc2)[C@](C)(c2ccc(Cl)cc2)N1C(=O)N1CCN(CCCCCCCCC(=O)NCCn2nc3c(c2C#N)-c2cnc(N)c(n2)O[C@H](C)c2cc(F)ccc2C(=O)N(C)C3)CC1. The van der Waals surface area contributed by atoms with Crippen LogP contribution in [-0.2, 0) is 34.4 Å². The fraction of sp³-hybridized carbons (Fsp3) is 0.438. The molecule has 1 fully saturated rings. The predicted molar refractivity (Wildman–Crippen MR) is 325 cm³/mol. The van der Waals surface area contributed by atoms with Crippen LogP contribution in [0.1, 0.15) is 149 Å². The quantitative estimate of drug-likeness (QED) is 0.0823. The van der Waals surface area contributed by atoms with Crippen LogP contribution < -0.4 is 20.5 Å². The Balaban J connectivity index is 0.772. The lowest BCUT2D eigenvalue weighted by Gasteiger charge is -2.47. The number of unbranched alkanes of at least 4 members (excludes halogenated alkanes) is 5. The van der Waals surface area contributed by atoms with Gasteiger partial charge in [-0.25, -0.2) is 19.2 Å². The maximum Gasteiger partial charge on any atom is 0.326 e. The molecule has 0 radical (unpaired) electrons. The molecule has 5 heterocycles. The normalized spacial score (nSPS) is 19.1. The van der Waals surface area contributed by atoms with Gasteiger partial charge in [-0.05, 0) is 124 Å². The molecule has 84 heavy (non-hydrogen) atoms. The van der Waals surface area contributed by atoms with Gasteiger partial charge in [0.05, 0.1) is 48.4 Å². The van der Waals surface area contributed by atoms with Crippen molar-refractivity contribution in [3.63, 3.8) is 0 Å². The molecule has 1 saturated heterocycles. The highest BCUT2D eigenvalue weighted by Gasteiger charge is 2.60. The third-order valence-electron chi connectivity index (χ3n) is 16.6. The van der Waals surface area contributed by atoms with Gasteiger partial charge in [-0.2, -0.15) is 10.4 Å². The number of rotatable bonds is 17. The van der Waals surface area contributed by atoms with Crippen LogP contribution in [0.15, 0.2) is 96.1 Å². The van der Waals surface area contributed by atoms with Crippen LogP contribution in [0.25, 0.3) is 11.3 Å². The second-order valence-corrected chi connectivity index (χ2v) is 24.1. The molecule has 0 spiro atoms. The van der Waals surface area contributed by atoms with E-state index in [2.05, 4.69) is 79.1 Å². The lowest BCUT2D eigenvalue weighted by Crippen LogP contribution is -2.60. The molecule has 3 aliphatic rings. The van der Waals surface area contributed by atoms with Gasteiger partial charge in [0.25, 0.3) is 11.8 Å². The van der Waals surface area contributed by atoms with Crippen LogP contribution in [0.4, 0.5) is 15.0 Å². The van der Waals surface area contributed by atoms with Crippen molar-refractivity contribution >= 4 is 52.7 Å². The van der Waals surface area contributed by atoms with E-state index in [0.717, 1.165) is 80.4 Å². The molecule has 17 nitrogen and oxygen atoms in total. The number of aliphatic imine (C=N–C) groups is 1. The summed E-state index contributed by atoms with van der Waals surface area (Å²) in [5, 5.41) is 19.3. The summed E-state index contributed by atoms with van der Waals surface area (Å²) in [5.74, 6) is 0.136. The number of nitrogens with one attached hydrogen (secondary N) is 1. The number of hydrogen-bond donors (Lipinski definition) is 2. The molecule has 4 amide bonds. The number of amidine groups is 1. The van der Waals surface area contributed by atoms with Gasteiger partial charge in [-0.15, -0.1) is 0 Å². The van der Waals surface area contributed by atoms with E-state index in [-0.39, 0.29) is 65.6 Å². The highest BCUT2D eigenvalue weighted by molar-refractivity contribution is 6.30. The molecule has 2 bridgehead atoms. The Morgan fingerprint density at radius 1 is 0.893 bits per heavy atom. The minimum atomic E-state index is -1.02. The summed E-state index contributed by atoms with van der Waals surface area (Å²) in [6.45, 7) is 18.7. The first-order chi connectivity index (χ1) is 40.1. The van der Waals surface area contributed by atoms with Crippen molar-refractivity contribution in [2.45, 2.75) is 129 Å². The summed E-state index contributed by atoms with van der Waals surface area (Å²) in [6.07, 6.45) is 6.75. The number of aromatic nitrogens is 4. The number of ether oxygens (including phenoxy) is 2. The van der Waals surface area contributed by atoms with Gasteiger partial charge in [-0.1, -0.05) is 100.0 Å². The molecule has 4 aromatic carbocycles. The number of nitrogens with two attached hydrogens (primary N) is 1. The number of halogens is 3. The topological polar surface area (TPSA) is 200 Å². The van der Waals surface area contributed by atoms with Crippen molar-refractivity contribution in [3.8, 4) is 29.0 Å². The Hall–Kier alpha value is -7.59. The molecule has 20 heteroatoms. The predicted octanol–water partition coefficient (Wildman–Crippen LogP) is 11.8. The molecular weight excluding hydrogens is 1110 g/mol. The summed E-state index contributed by atoms with van der Waals surface area (Å²) >= 11 is 13.0. The summed E-state index contributed by atoms with van der Waals surface area (Å²) in [7, 11) is 1.60. The van der Waals surface area contributed by atoms with Crippen molar-refractivity contribution in [1.82, 2.24) is 44.7 Å². The first-order valence-corrected chi connectivity index (χ1v) is 29.7. The number of fused-ring (bicyclic) bond motifs is 5. The van der Waals surface area contributed by atoms with Crippen LogP contribution in [0, 0.1) is 17.1 Å². The number of nitrogen functional groups attached to an aromatic ring is 1. The van der Waals surface area contributed by atoms with Crippen LogP contribution in [0.2, 0.25) is 10.0 Å². The van der Waals surface area contributed by atoms with E-state index in [4.69, 9.17) is 48.5 Å². The van der Waals surface area contributed by atoms with Crippen LogP contribution in [-0.4, -0.2) is 116 Å². The van der Waals surface area contributed by atoms with E-state index < -0.39 is 28.9 Å². The van der Waals surface area contributed by atoms with Gasteiger partial charge in [-0.3, -0.25) is 29.1 Å². The standard InChI is InChI=1S/C64H75Cl2FN12O5/c1-9-83-54-36-44(62(3,4)5)21-27-49(54)58-73-63(6,42-17-22-45(65)23-18-42)64(7,43-19-24-46(66)25-20-43)79(58)61(82)77-34-32-76(33-35-77)30-15-13-11-10-12-14-16-55(80)70-29-31-78-53(38-68)56-51-39-71-57(69)59(72-51)84-41(2)50-37-47(67)26-28-48(50)60(81)75(8)40-52(56)74-78/h17-28,36-37,39,41H,9-16,29-35,40H2,1-8H3,(H2,69,71)(H,70,80)/t41-,63-,64+/m1/s1. The van der Waals surface area contributed by atoms with Gasteiger partial charge in [0.1, 0.15) is 46.3 Å². The highest BCUT2D eigenvalue weighted by Crippen LogP contribution is 2.54. The average molecular weight is 1180 g/mol. The number of hydrogen-bond acceptors (Lipinski definition) is 12. The maximum atomic E-state index is 15.6. The van der Waals surface area contributed by atoms with E-state index in [1.165, 1.54) is 34.0 Å². The number of benzene rings is 4. The third kappa shape index (κ3) is 12.7. The number of carbonyl (C=O) groups excluding carboxylic acids is 3. The number of carbonyl (C=O) groups is 3. The average Bonchev–Trinajstić information content (AvgIpc) is 2.76. The smallest absolute Gasteiger partial charge is 0.326 e. The van der Waals surface area contributed by atoms with Gasteiger partial charge in [0.15, 0.2) is 5.82 Å². The van der Waals surface area contributed by atoms with Crippen molar-refractivity contribution in [3.05, 3.63) is 152 Å². The number of nitrogens with zero attached hydrogens (tertiary/aromatic N) is 10. The number of nitriles is 1. The Kier molecular flexibility index (Phi) is 18.7. The van der Waals surface area contributed by atoms with E-state index in [0.29, 0.717) is 64.6 Å². The number of amides is 4. The number of anilines is 1. The van der Waals surface area contributed by atoms with Gasteiger partial charge in [0.2, 0.25) is 5.91 Å². The zero-order valence-corrected chi connectivity index (χ0v) is 50.8. The Morgan fingerprint density at radius 3 is 2.21 bits per heavy atom. The van der Waals surface area contributed by atoms with Crippen molar-refractivity contribution < 1.29 is 28.2 Å². The fourth-order valence-corrected chi connectivity index (χ4v) is 11.8. The van der Waals surface area contributed by atoms with Gasteiger partial charge >= 0.3 is 6.03 Å². The molecule has 442 valence electrons. The monoisotopic (exact) mass is 1180 g/mol. The first-order valence-electron chi connectivity index (χ1n) is 29.0. The fourth-order valence-electron chi connectivity index (χ4n) is 11.6. The van der Waals surface area contributed by atoms with Crippen molar-refractivity contribution in [2.24, 2.45) is 4.99 Å². The molecule has 9 rings (SSSR count).